The van der Waals surface area contributed by atoms with Gasteiger partial charge in [0.25, 0.3) is 0 Å². The van der Waals surface area contributed by atoms with Gasteiger partial charge in [-0.1, -0.05) is 13.8 Å². The highest BCUT2D eigenvalue weighted by Gasteiger charge is 2.35. The fourth-order valence-electron chi connectivity index (χ4n) is 2.58. The summed E-state index contributed by atoms with van der Waals surface area (Å²) in [6, 6.07) is -0.250. The minimum Gasteiger partial charge on any atom is -0.481 e. The largest absolute Gasteiger partial charge is 0.481 e. The molecule has 0 spiro atoms. The standard InChI is InChI=1S/C14H26N2O4/c1-3-14(4-2,12(18)19)9-15-13(20)16-10-5-7-11(17)8-6-10/h10-11,17H,3-9H2,1-2H3,(H,18,19)(H2,15,16,20). The number of amides is 2. The quantitative estimate of drug-likeness (QED) is 0.594. The summed E-state index contributed by atoms with van der Waals surface area (Å²) < 4.78 is 0. The average Bonchev–Trinajstić information content (AvgIpc) is 2.43. The molecule has 0 atom stereocenters. The summed E-state index contributed by atoms with van der Waals surface area (Å²) in [6.07, 6.45) is 3.64. The number of carbonyl (C=O) groups is 2. The molecule has 1 aliphatic rings. The summed E-state index contributed by atoms with van der Waals surface area (Å²) >= 11 is 0. The number of nitrogens with one attached hydrogen (secondary N) is 2. The van der Waals surface area contributed by atoms with Gasteiger partial charge in [0.1, 0.15) is 0 Å². The lowest BCUT2D eigenvalue weighted by Gasteiger charge is -2.29. The molecule has 0 aromatic rings. The zero-order valence-corrected chi connectivity index (χ0v) is 12.3. The molecule has 6 nitrogen and oxygen atoms in total. The highest BCUT2D eigenvalue weighted by atomic mass is 16.4. The van der Waals surface area contributed by atoms with Crippen molar-refractivity contribution in [3.63, 3.8) is 0 Å². The van der Waals surface area contributed by atoms with Crippen molar-refractivity contribution in [2.45, 2.75) is 64.5 Å². The van der Waals surface area contributed by atoms with Crippen molar-refractivity contribution >= 4 is 12.0 Å². The molecule has 1 saturated carbocycles. The second-order valence-electron chi connectivity index (χ2n) is 5.63. The highest BCUT2D eigenvalue weighted by Crippen LogP contribution is 2.25. The third kappa shape index (κ3) is 4.37. The van der Waals surface area contributed by atoms with Crippen molar-refractivity contribution in [1.29, 1.82) is 0 Å². The number of urea groups is 1. The van der Waals surface area contributed by atoms with E-state index in [4.69, 9.17) is 0 Å². The van der Waals surface area contributed by atoms with E-state index >= 15 is 0 Å². The van der Waals surface area contributed by atoms with Gasteiger partial charge in [-0.2, -0.15) is 0 Å². The zero-order chi connectivity index (χ0) is 15.2. The van der Waals surface area contributed by atoms with Gasteiger partial charge in [0.05, 0.1) is 11.5 Å². The lowest BCUT2D eigenvalue weighted by molar-refractivity contribution is -0.149. The molecule has 1 fully saturated rings. The van der Waals surface area contributed by atoms with Gasteiger partial charge in [-0.05, 0) is 38.5 Å². The van der Waals surface area contributed by atoms with Gasteiger partial charge in [-0.25, -0.2) is 4.79 Å². The minimum absolute atomic E-state index is 0.0703. The normalized spacial score (nSPS) is 23.1. The predicted octanol–water partition coefficient (Wildman–Crippen LogP) is 1.48. The molecule has 2 amide bonds. The van der Waals surface area contributed by atoms with Gasteiger partial charge in [0.2, 0.25) is 0 Å². The lowest BCUT2D eigenvalue weighted by atomic mass is 9.82. The maximum atomic E-state index is 11.8. The summed E-state index contributed by atoms with van der Waals surface area (Å²) in [6.45, 7) is 3.77. The van der Waals surface area contributed by atoms with Crippen LogP contribution in [0.5, 0.6) is 0 Å². The van der Waals surface area contributed by atoms with Gasteiger partial charge in [-0.3, -0.25) is 4.79 Å². The van der Waals surface area contributed by atoms with Crippen LogP contribution in [0.2, 0.25) is 0 Å². The molecule has 6 heteroatoms. The third-order valence-corrected chi connectivity index (χ3v) is 4.43. The number of hydrogen-bond acceptors (Lipinski definition) is 3. The van der Waals surface area contributed by atoms with E-state index in [0.29, 0.717) is 25.7 Å². The Morgan fingerprint density at radius 1 is 1.15 bits per heavy atom. The van der Waals surface area contributed by atoms with Crippen LogP contribution in [0.3, 0.4) is 0 Å². The number of aliphatic hydroxyl groups excluding tert-OH is 1. The second kappa shape index (κ2) is 7.47. The first-order valence-electron chi connectivity index (χ1n) is 7.39. The highest BCUT2D eigenvalue weighted by molar-refractivity contribution is 5.78. The summed E-state index contributed by atoms with van der Waals surface area (Å²) in [7, 11) is 0. The summed E-state index contributed by atoms with van der Waals surface area (Å²) in [5.41, 5.74) is -0.889. The Kier molecular flexibility index (Phi) is 6.26. The number of carbonyl (C=O) groups excluding carboxylic acids is 1. The van der Waals surface area contributed by atoms with E-state index in [1.54, 1.807) is 0 Å². The molecule has 0 bridgehead atoms. The summed E-state index contributed by atoms with van der Waals surface area (Å²) in [4.78, 5) is 23.1. The first kappa shape index (κ1) is 16.8. The van der Waals surface area contributed by atoms with Crippen LogP contribution in [0.15, 0.2) is 0 Å². The number of rotatable bonds is 6. The maximum Gasteiger partial charge on any atom is 0.315 e. The summed E-state index contributed by atoms with van der Waals surface area (Å²) in [5, 5.41) is 24.2. The SMILES string of the molecule is CCC(CC)(CNC(=O)NC1CCC(O)CC1)C(=O)O. The first-order valence-corrected chi connectivity index (χ1v) is 7.39. The molecule has 0 radical (unpaired) electrons. The molecule has 0 saturated heterocycles. The van der Waals surface area contributed by atoms with Crippen LogP contribution in [0, 0.1) is 5.41 Å². The number of carboxylic acid groups (broad SMARTS) is 1. The van der Waals surface area contributed by atoms with E-state index in [0.717, 1.165) is 12.8 Å². The minimum atomic E-state index is -0.889. The Morgan fingerprint density at radius 2 is 1.70 bits per heavy atom. The van der Waals surface area contributed by atoms with Crippen LogP contribution >= 0.6 is 0 Å². The van der Waals surface area contributed by atoms with Crippen molar-refractivity contribution in [1.82, 2.24) is 10.6 Å². The number of aliphatic hydroxyl groups is 1. The van der Waals surface area contributed by atoms with E-state index in [1.165, 1.54) is 0 Å². The average molecular weight is 286 g/mol. The molecule has 116 valence electrons. The predicted molar refractivity (Wildman–Crippen MR) is 75.4 cm³/mol. The van der Waals surface area contributed by atoms with Crippen molar-refractivity contribution in [2.75, 3.05) is 6.54 Å². The molecule has 0 unspecified atom stereocenters. The summed E-state index contributed by atoms with van der Waals surface area (Å²) in [5.74, 6) is -0.872. The topological polar surface area (TPSA) is 98.7 Å². The van der Waals surface area contributed by atoms with Crippen LogP contribution in [0.25, 0.3) is 0 Å². The van der Waals surface area contributed by atoms with Crippen molar-refractivity contribution in [3.8, 4) is 0 Å². The van der Waals surface area contributed by atoms with Crippen LogP contribution < -0.4 is 10.6 Å². The Bertz CT molecular complexity index is 334. The van der Waals surface area contributed by atoms with Gasteiger partial charge in [-0.15, -0.1) is 0 Å². The van der Waals surface area contributed by atoms with Crippen LogP contribution in [0.1, 0.15) is 52.4 Å². The molecular formula is C14H26N2O4. The molecule has 1 aliphatic carbocycles. The molecule has 4 N–H and O–H groups in total. The fraction of sp³-hybridized carbons (Fsp3) is 0.857. The van der Waals surface area contributed by atoms with E-state index in [2.05, 4.69) is 10.6 Å². The Morgan fingerprint density at radius 3 is 2.15 bits per heavy atom. The number of hydrogen-bond donors (Lipinski definition) is 4. The Hall–Kier alpha value is -1.30. The van der Waals surface area contributed by atoms with Crippen molar-refractivity contribution < 1.29 is 19.8 Å². The van der Waals surface area contributed by atoms with E-state index in [-0.39, 0.29) is 24.7 Å². The maximum absolute atomic E-state index is 11.8. The van der Waals surface area contributed by atoms with Crippen molar-refractivity contribution in [2.24, 2.45) is 5.41 Å². The Labute approximate surface area is 119 Å². The molecular weight excluding hydrogens is 260 g/mol. The molecule has 0 heterocycles. The molecule has 0 aliphatic heterocycles. The van der Waals surface area contributed by atoms with Gasteiger partial charge < -0.3 is 20.8 Å². The van der Waals surface area contributed by atoms with E-state index < -0.39 is 11.4 Å². The van der Waals surface area contributed by atoms with Gasteiger partial charge >= 0.3 is 12.0 Å². The van der Waals surface area contributed by atoms with E-state index in [1.807, 2.05) is 13.8 Å². The monoisotopic (exact) mass is 286 g/mol. The lowest BCUT2D eigenvalue weighted by Crippen LogP contribution is -2.49. The van der Waals surface area contributed by atoms with Crippen LogP contribution in [-0.2, 0) is 4.79 Å². The van der Waals surface area contributed by atoms with Gasteiger partial charge in [0, 0.05) is 12.6 Å². The zero-order valence-electron chi connectivity index (χ0n) is 12.3. The van der Waals surface area contributed by atoms with Crippen molar-refractivity contribution in [3.05, 3.63) is 0 Å². The first-order chi connectivity index (χ1) is 9.43. The van der Waals surface area contributed by atoms with Crippen LogP contribution in [0.4, 0.5) is 4.79 Å². The molecule has 20 heavy (non-hydrogen) atoms. The fourth-order valence-corrected chi connectivity index (χ4v) is 2.58. The number of aliphatic carboxylic acids is 1. The Balaban J connectivity index is 2.40. The third-order valence-electron chi connectivity index (χ3n) is 4.43. The van der Waals surface area contributed by atoms with Gasteiger partial charge in [0.15, 0.2) is 0 Å². The second-order valence-corrected chi connectivity index (χ2v) is 5.63. The van der Waals surface area contributed by atoms with Crippen LogP contribution in [-0.4, -0.2) is 40.9 Å². The van der Waals surface area contributed by atoms with E-state index in [9.17, 15) is 19.8 Å². The number of carboxylic acids is 1. The smallest absolute Gasteiger partial charge is 0.315 e. The molecule has 0 aromatic carbocycles. The molecule has 1 rings (SSSR count). The molecule has 0 aromatic heterocycles.